The van der Waals surface area contributed by atoms with Crippen LogP contribution < -0.4 is 29.6 Å². The van der Waals surface area contributed by atoms with Crippen molar-refractivity contribution in [2.45, 2.75) is 10.4 Å². The van der Waals surface area contributed by atoms with E-state index in [1.165, 1.54) is 24.3 Å². The number of nitrogens with zero attached hydrogens (tertiary/aromatic N) is 1. The number of benzene rings is 1. The molecule has 0 radical (unpaired) electrons. The Morgan fingerprint density at radius 1 is 1.09 bits per heavy atom. The van der Waals surface area contributed by atoms with E-state index in [2.05, 4.69) is 8.91 Å². The van der Waals surface area contributed by atoms with Gasteiger partial charge in [-0.05, 0) is 46.9 Å². The zero-order valence-corrected chi connectivity index (χ0v) is 16.8. The van der Waals surface area contributed by atoms with Crippen LogP contribution in [0.4, 0.5) is 13.2 Å². The average Bonchev–Trinajstić information content (AvgIpc) is 2.34. The molecule has 0 atom stereocenters. The fourth-order valence-electron chi connectivity index (χ4n) is 1.05. The van der Waals surface area contributed by atoms with Crippen molar-refractivity contribution in [1.82, 2.24) is 0 Å². The molecule has 6 nitrogen and oxygen atoms in total. The Kier molecular flexibility index (Phi) is 8.82. The Labute approximate surface area is 161 Å². The van der Waals surface area contributed by atoms with Gasteiger partial charge in [-0.25, -0.2) is 8.42 Å². The van der Waals surface area contributed by atoms with Crippen LogP contribution in [0.1, 0.15) is 0 Å². The SMILES string of the molecule is O=S(=O)(OCC[N-]S(=O)(=O)C(F)(F)F)c1ccc(I)cc1.[Na+]. The zero-order chi connectivity index (χ0) is 16.3. The minimum absolute atomic E-state index is 0. The number of rotatable bonds is 6. The van der Waals surface area contributed by atoms with Crippen LogP contribution in [0.15, 0.2) is 29.2 Å². The van der Waals surface area contributed by atoms with Gasteiger partial charge >= 0.3 is 35.1 Å². The smallest absolute Gasteiger partial charge is 0.539 e. The first-order valence-corrected chi connectivity index (χ1v) is 9.03. The number of hydrogen-bond donors (Lipinski definition) is 0. The van der Waals surface area contributed by atoms with Gasteiger partial charge in [-0.2, -0.15) is 21.6 Å². The summed E-state index contributed by atoms with van der Waals surface area (Å²) in [5.74, 6) is 0. The molecule has 0 bridgehead atoms. The summed E-state index contributed by atoms with van der Waals surface area (Å²) >= 11 is 1.95. The molecule has 120 valence electrons. The van der Waals surface area contributed by atoms with Crippen LogP contribution in [0.2, 0.25) is 0 Å². The van der Waals surface area contributed by atoms with Gasteiger partial charge in [0.1, 0.15) is 0 Å². The van der Waals surface area contributed by atoms with Crippen LogP contribution in [-0.2, 0) is 24.3 Å². The molecule has 0 aliphatic carbocycles. The van der Waals surface area contributed by atoms with E-state index in [0.717, 1.165) is 3.57 Å². The van der Waals surface area contributed by atoms with Crippen molar-refractivity contribution in [2.75, 3.05) is 13.2 Å². The van der Waals surface area contributed by atoms with Gasteiger partial charge in [0, 0.05) is 10.2 Å². The largest absolute Gasteiger partial charge is 1.00 e. The molecule has 0 amide bonds. The molecule has 0 aliphatic rings. The Balaban J connectivity index is 0.00000441. The molecule has 0 saturated carbocycles. The molecule has 0 spiro atoms. The maximum atomic E-state index is 12.0. The molecule has 0 unspecified atom stereocenters. The topological polar surface area (TPSA) is 91.6 Å². The van der Waals surface area contributed by atoms with Crippen LogP contribution in [0.5, 0.6) is 0 Å². The Bertz CT molecular complexity index is 691. The quantitative estimate of drug-likeness (QED) is 0.230. The van der Waals surface area contributed by atoms with Gasteiger partial charge in [0.15, 0.2) is 10.0 Å². The molecule has 1 aromatic rings. The third-order valence-electron chi connectivity index (χ3n) is 1.99. The Morgan fingerprint density at radius 3 is 2.05 bits per heavy atom. The van der Waals surface area contributed by atoms with Crippen molar-refractivity contribution in [3.8, 4) is 0 Å². The van der Waals surface area contributed by atoms with Crippen molar-refractivity contribution in [3.05, 3.63) is 32.6 Å². The molecule has 0 N–H and O–H groups in total. The molecule has 13 heteroatoms. The second-order valence-corrected chi connectivity index (χ2v) is 8.04. The molecule has 0 heterocycles. The summed E-state index contributed by atoms with van der Waals surface area (Å²) in [4.78, 5) is -0.193. The van der Waals surface area contributed by atoms with E-state index >= 15 is 0 Å². The molecule has 0 aliphatic heterocycles. The van der Waals surface area contributed by atoms with Crippen LogP contribution in [0, 0.1) is 3.57 Å². The van der Waals surface area contributed by atoms with Crippen molar-refractivity contribution in [1.29, 1.82) is 0 Å². The summed E-state index contributed by atoms with van der Waals surface area (Å²) in [6, 6.07) is 5.49. The van der Waals surface area contributed by atoms with Crippen LogP contribution in [0.25, 0.3) is 4.72 Å². The molecule has 0 fully saturated rings. The summed E-state index contributed by atoms with van der Waals surface area (Å²) < 4.78 is 87.9. The number of alkyl halides is 3. The van der Waals surface area contributed by atoms with Gasteiger partial charge in [-0.15, -0.1) is 6.54 Å². The first kappa shape index (κ1) is 22.6. The average molecular weight is 481 g/mol. The predicted octanol–water partition coefficient (Wildman–Crippen LogP) is -0.776. The normalized spacial score (nSPS) is 12.7. The number of halogens is 4. The van der Waals surface area contributed by atoms with Gasteiger partial charge in [-0.1, -0.05) is 0 Å². The molecule has 22 heavy (non-hydrogen) atoms. The van der Waals surface area contributed by atoms with E-state index in [-0.39, 0.29) is 34.5 Å². The van der Waals surface area contributed by atoms with E-state index in [1.54, 1.807) is 0 Å². The monoisotopic (exact) mass is 481 g/mol. The van der Waals surface area contributed by atoms with Gasteiger partial charge in [-0.3, -0.25) is 4.18 Å². The summed E-state index contributed by atoms with van der Waals surface area (Å²) in [7, 11) is -9.81. The number of sulfonamides is 1. The van der Waals surface area contributed by atoms with E-state index < -0.39 is 38.8 Å². The van der Waals surface area contributed by atoms with Crippen molar-refractivity contribution >= 4 is 42.7 Å². The van der Waals surface area contributed by atoms with Gasteiger partial charge in [0.05, 0.1) is 4.90 Å². The predicted molar refractivity (Wildman–Crippen MR) is 75.5 cm³/mol. The minimum atomic E-state index is -5.64. The molecule has 0 saturated heterocycles. The van der Waals surface area contributed by atoms with Gasteiger partial charge < -0.3 is 4.72 Å². The maximum Gasteiger partial charge on any atom is 1.00 e. The van der Waals surface area contributed by atoms with E-state index in [4.69, 9.17) is 0 Å². The fourth-order valence-corrected chi connectivity index (χ4v) is 2.77. The summed E-state index contributed by atoms with van der Waals surface area (Å²) in [5.41, 5.74) is -5.51. The summed E-state index contributed by atoms with van der Waals surface area (Å²) in [5, 5.41) is 0. The zero-order valence-electron chi connectivity index (χ0n) is 11.0. The fraction of sp³-hybridized carbons (Fsp3) is 0.333. The van der Waals surface area contributed by atoms with Crippen LogP contribution >= 0.6 is 22.6 Å². The molecular formula is C9H8F3INNaO5S2. The first-order chi connectivity index (χ1) is 9.46. The number of hydrogen-bond acceptors (Lipinski definition) is 5. The van der Waals surface area contributed by atoms with Gasteiger partial charge in [0.2, 0.25) is 0 Å². The minimum Gasteiger partial charge on any atom is -0.539 e. The van der Waals surface area contributed by atoms with E-state index in [0.29, 0.717) is 0 Å². The summed E-state index contributed by atoms with van der Waals surface area (Å²) in [6.07, 6.45) is 0. The third-order valence-corrected chi connectivity index (χ3v) is 5.14. The van der Waals surface area contributed by atoms with Crippen molar-refractivity contribution in [2.24, 2.45) is 0 Å². The van der Waals surface area contributed by atoms with Crippen molar-refractivity contribution in [3.63, 3.8) is 0 Å². The Morgan fingerprint density at radius 2 is 1.59 bits per heavy atom. The summed E-state index contributed by atoms with van der Waals surface area (Å²) in [6.45, 7) is -1.77. The molecular weight excluding hydrogens is 473 g/mol. The van der Waals surface area contributed by atoms with E-state index in [9.17, 15) is 30.0 Å². The molecule has 1 aromatic carbocycles. The van der Waals surface area contributed by atoms with E-state index in [1.807, 2.05) is 22.6 Å². The Hall–Kier alpha value is 0.560. The first-order valence-electron chi connectivity index (χ1n) is 5.11. The third kappa shape index (κ3) is 6.59. The second-order valence-electron chi connectivity index (χ2n) is 3.50. The molecule has 0 aromatic heterocycles. The van der Waals surface area contributed by atoms with Crippen molar-refractivity contribution < 1.29 is 63.7 Å². The maximum absolute atomic E-state index is 12.0. The van der Waals surface area contributed by atoms with Crippen LogP contribution in [0.3, 0.4) is 0 Å². The van der Waals surface area contributed by atoms with Gasteiger partial charge in [0.25, 0.3) is 10.1 Å². The van der Waals surface area contributed by atoms with Crippen LogP contribution in [-0.4, -0.2) is 35.5 Å². The standard InChI is InChI=1S/C9H8F3INO5S2.Na/c10-9(11,12)21(17,18)14-5-6-19-20(15,16)8-3-1-7(13)2-4-8;/h1-4H,5-6H2;/q-1;+1. The molecule has 1 rings (SSSR count). The second kappa shape index (κ2) is 8.60.